The molecular formula is C10H20N2O4S. The summed E-state index contributed by atoms with van der Waals surface area (Å²) in [4.78, 5) is 11.1. The van der Waals surface area contributed by atoms with E-state index in [1.54, 1.807) is 20.8 Å². The van der Waals surface area contributed by atoms with Crippen LogP contribution in [0.5, 0.6) is 0 Å². The highest BCUT2D eigenvalue weighted by molar-refractivity contribution is 7.87. The standard InChI is InChI=1S/C10H20N2O4S/c1-10(2,3)8(9(13)14)11-17(15,16)12-6-4-5-7-12/h8,11H,4-7H2,1-3H3,(H,13,14)/t8-/m1/s1. The molecule has 100 valence electrons. The summed E-state index contributed by atoms with van der Waals surface area (Å²) in [7, 11) is -3.68. The molecule has 1 aliphatic heterocycles. The van der Waals surface area contributed by atoms with Gasteiger partial charge in [0, 0.05) is 13.1 Å². The van der Waals surface area contributed by atoms with E-state index in [0.717, 1.165) is 12.8 Å². The van der Waals surface area contributed by atoms with Crippen LogP contribution in [0.3, 0.4) is 0 Å². The molecule has 0 saturated carbocycles. The summed E-state index contributed by atoms with van der Waals surface area (Å²) < 4.78 is 27.5. The van der Waals surface area contributed by atoms with Gasteiger partial charge in [-0.25, -0.2) is 0 Å². The van der Waals surface area contributed by atoms with E-state index in [-0.39, 0.29) is 0 Å². The van der Waals surface area contributed by atoms with Crippen LogP contribution in [0.25, 0.3) is 0 Å². The molecule has 2 N–H and O–H groups in total. The van der Waals surface area contributed by atoms with Gasteiger partial charge in [-0.05, 0) is 18.3 Å². The topological polar surface area (TPSA) is 86.7 Å². The van der Waals surface area contributed by atoms with Crippen LogP contribution < -0.4 is 4.72 Å². The van der Waals surface area contributed by atoms with Crippen LogP contribution in [-0.2, 0) is 15.0 Å². The monoisotopic (exact) mass is 264 g/mol. The minimum absolute atomic E-state index is 0.464. The third-order valence-corrected chi connectivity index (χ3v) is 4.36. The summed E-state index contributed by atoms with van der Waals surface area (Å²) in [5.41, 5.74) is -0.668. The number of nitrogens with zero attached hydrogens (tertiary/aromatic N) is 1. The van der Waals surface area contributed by atoms with E-state index in [1.807, 2.05) is 0 Å². The van der Waals surface area contributed by atoms with Crippen molar-refractivity contribution >= 4 is 16.2 Å². The number of hydrogen-bond donors (Lipinski definition) is 2. The van der Waals surface area contributed by atoms with Crippen LogP contribution >= 0.6 is 0 Å². The van der Waals surface area contributed by atoms with Crippen LogP contribution in [0.1, 0.15) is 33.6 Å². The lowest BCUT2D eigenvalue weighted by Crippen LogP contribution is -2.53. The molecule has 1 heterocycles. The van der Waals surface area contributed by atoms with Crippen LogP contribution in [0.15, 0.2) is 0 Å². The Balaban J connectivity index is 2.83. The molecule has 1 aliphatic rings. The van der Waals surface area contributed by atoms with E-state index >= 15 is 0 Å². The first-order chi connectivity index (χ1) is 7.64. The first kappa shape index (κ1) is 14.4. The highest BCUT2D eigenvalue weighted by Gasteiger charge is 2.37. The highest BCUT2D eigenvalue weighted by Crippen LogP contribution is 2.21. The SMILES string of the molecule is CC(C)(C)[C@H](NS(=O)(=O)N1CCCC1)C(=O)O. The Morgan fingerprint density at radius 1 is 1.29 bits per heavy atom. The zero-order valence-electron chi connectivity index (χ0n) is 10.4. The van der Waals surface area contributed by atoms with Gasteiger partial charge in [0.25, 0.3) is 10.2 Å². The van der Waals surface area contributed by atoms with Gasteiger partial charge in [0.2, 0.25) is 0 Å². The molecule has 7 heteroatoms. The fourth-order valence-electron chi connectivity index (χ4n) is 1.75. The van der Waals surface area contributed by atoms with Crippen LogP contribution in [-0.4, -0.2) is 42.9 Å². The highest BCUT2D eigenvalue weighted by atomic mass is 32.2. The van der Waals surface area contributed by atoms with Crippen molar-refractivity contribution in [1.82, 2.24) is 9.03 Å². The van der Waals surface area contributed by atoms with Gasteiger partial charge >= 0.3 is 5.97 Å². The van der Waals surface area contributed by atoms with Crippen LogP contribution in [0, 0.1) is 5.41 Å². The molecule has 0 aromatic heterocycles. The zero-order valence-corrected chi connectivity index (χ0v) is 11.2. The quantitative estimate of drug-likeness (QED) is 0.770. The lowest BCUT2D eigenvalue weighted by Gasteiger charge is -2.29. The van der Waals surface area contributed by atoms with E-state index in [2.05, 4.69) is 4.72 Å². The number of rotatable bonds is 4. The molecule has 1 atom stereocenters. The molecule has 1 fully saturated rings. The van der Waals surface area contributed by atoms with Crippen molar-refractivity contribution in [2.45, 2.75) is 39.7 Å². The molecule has 0 aliphatic carbocycles. The molecule has 0 aromatic rings. The first-order valence-electron chi connectivity index (χ1n) is 5.65. The van der Waals surface area contributed by atoms with Gasteiger partial charge in [-0.1, -0.05) is 20.8 Å². The molecule has 6 nitrogen and oxygen atoms in total. The van der Waals surface area contributed by atoms with E-state index in [9.17, 15) is 13.2 Å². The van der Waals surface area contributed by atoms with Gasteiger partial charge in [-0.15, -0.1) is 0 Å². The van der Waals surface area contributed by atoms with E-state index in [4.69, 9.17) is 5.11 Å². The predicted molar refractivity (Wildman–Crippen MR) is 63.7 cm³/mol. The van der Waals surface area contributed by atoms with Crippen LogP contribution in [0.2, 0.25) is 0 Å². The van der Waals surface area contributed by atoms with Crippen molar-refractivity contribution in [1.29, 1.82) is 0 Å². The molecule has 0 unspecified atom stereocenters. The third kappa shape index (κ3) is 3.65. The van der Waals surface area contributed by atoms with Crippen molar-refractivity contribution in [2.24, 2.45) is 5.41 Å². The summed E-state index contributed by atoms with van der Waals surface area (Å²) in [5.74, 6) is -1.15. The Labute approximate surface area is 102 Å². The molecule has 0 radical (unpaired) electrons. The first-order valence-corrected chi connectivity index (χ1v) is 7.09. The number of carboxylic acids is 1. The van der Waals surface area contributed by atoms with Crippen molar-refractivity contribution < 1.29 is 18.3 Å². The van der Waals surface area contributed by atoms with Gasteiger partial charge in [0.1, 0.15) is 6.04 Å². The van der Waals surface area contributed by atoms with Crippen molar-refractivity contribution in [2.75, 3.05) is 13.1 Å². The maximum absolute atomic E-state index is 11.9. The fraction of sp³-hybridized carbons (Fsp3) is 0.900. The molecule has 17 heavy (non-hydrogen) atoms. The van der Waals surface area contributed by atoms with Gasteiger partial charge in [0.05, 0.1) is 0 Å². The number of aliphatic carboxylic acids is 1. The van der Waals surface area contributed by atoms with E-state index < -0.39 is 27.6 Å². The average Bonchev–Trinajstić information content (AvgIpc) is 2.65. The fourth-order valence-corrected chi connectivity index (χ4v) is 3.39. The van der Waals surface area contributed by atoms with Gasteiger partial charge in [-0.3, -0.25) is 4.79 Å². The lowest BCUT2D eigenvalue weighted by atomic mass is 9.88. The van der Waals surface area contributed by atoms with Crippen molar-refractivity contribution in [3.8, 4) is 0 Å². The second-order valence-corrected chi connectivity index (χ2v) is 7.07. The van der Waals surface area contributed by atoms with Crippen molar-refractivity contribution in [3.63, 3.8) is 0 Å². The number of nitrogens with one attached hydrogen (secondary N) is 1. The second-order valence-electron chi connectivity index (χ2n) is 5.37. The normalized spacial score (nSPS) is 20.4. The predicted octanol–water partition coefficient (Wildman–Crippen LogP) is 0.416. The van der Waals surface area contributed by atoms with E-state index in [1.165, 1.54) is 4.31 Å². The second kappa shape index (κ2) is 4.91. The third-order valence-electron chi connectivity index (χ3n) is 2.78. The average molecular weight is 264 g/mol. The molecule has 1 saturated heterocycles. The Hall–Kier alpha value is -0.660. The smallest absolute Gasteiger partial charge is 0.322 e. The van der Waals surface area contributed by atoms with E-state index in [0.29, 0.717) is 13.1 Å². The zero-order chi connectivity index (χ0) is 13.3. The summed E-state index contributed by atoms with van der Waals surface area (Å²) >= 11 is 0. The van der Waals surface area contributed by atoms with Crippen molar-refractivity contribution in [3.05, 3.63) is 0 Å². The Bertz CT molecular complexity index is 380. The minimum Gasteiger partial charge on any atom is -0.480 e. The summed E-state index contributed by atoms with van der Waals surface area (Å²) in [6, 6.07) is -1.12. The summed E-state index contributed by atoms with van der Waals surface area (Å²) in [5, 5.41) is 9.07. The molecule has 0 aromatic carbocycles. The maximum Gasteiger partial charge on any atom is 0.322 e. The Morgan fingerprint density at radius 2 is 1.76 bits per heavy atom. The maximum atomic E-state index is 11.9. The minimum atomic E-state index is -3.68. The molecule has 1 rings (SSSR count). The Kier molecular flexibility index (Phi) is 4.16. The number of hydrogen-bond acceptors (Lipinski definition) is 3. The molecule has 0 spiro atoms. The molecular weight excluding hydrogens is 244 g/mol. The van der Waals surface area contributed by atoms with Gasteiger partial charge in [-0.2, -0.15) is 17.4 Å². The molecule has 0 bridgehead atoms. The lowest BCUT2D eigenvalue weighted by molar-refractivity contribution is -0.141. The van der Waals surface area contributed by atoms with Gasteiger partial charge in [0.15, 0.2) is 0 Å². The van der Waals surface area contributed by atoms with Crippen LogP contribution in [0.4, 0.5) is 0 Å². The summed E-state index contributed by atoms with van der Waals surface area (Å²) in [6.45, 7) is 6.01. The number of carbonyl (C=O) groups is 1. The largest absolute Gasteiger partial charge is 0.480 e. The number of carboxylic acid groups (broad SMARTS) is 1. The molecule has 0 amide bonds. The van der Waals surface area contributed by atoms with Gasteiger partial charge < -0.3 is 5.11 Å². The summed E-state index contributed by atoms with van der Waals surface area (Å²) in [6.07, 6.45) is 1.66. The Morgan fingerprint density at radius 3 is 2.12 bits per heavy atom.